The van der Waals surface area contributed by atoms with Crippen molar-refractivity contribution in [2.75, 3.05) is 6.54 Å². The number of hydrogen-bond donors (Lipinski definition) is 1. The van der Waals surface area contributed by atoms with E-state index in [9.17, 15) is 4.79 Å². The molecule has 0 fully saturated rings. The minimum Gasteiger partial charge on any atom is -0.438 e. The number of aromatic nitrogens is 1. The van der Waals surface area contributed by atoms with Gasteiger partial charge in [-0.3, -0.25) is 4.79 Å². The highest BCUT2D eigenvalue weighted by Crippen LogP contribution is 2.00. The van der Waals surface area contributed by atoms with Gasteiger partial charge < -0.3 is 9.73 Å². The first kappa shape index (κ1) is 8.34. The lowest BCUT2D eigenvalue weighted by Gasteiger charge is -1.94. The molecule has 1 rings (SSSR count). The highest BCUT2D eigenvalue weighted by atomic mass is 16.4. The van der Waals surface area contributed by atoms with Gasteiger partial charge in [-0.25, -0.2) is 4.98 Å². The Kier molecular flexibility index (Phi) is 2.49. The van der Waals surface area contributed by atoms with Crippen molar-refractivity contribution in [1.29, 1.82) is 0 Å². The maximum absolute atomic E-state index is 11.1. The molecular weight excluding hydrogens is 156 g/mol. The zero-order valence-corrected chi connectivity index (χ0v) is 6.63. The van der Waals surface area contributed by atoms with Crippen LogP contribution in [0.25, 0.3) is 0 Å². The Balaban J connectivity index is 2.61. The van der Waals surface area contributed by atoms with E-state index in [1.54, 1.807) is 6.92 Å². The summed E-state index contributed by atoms with van der Waals surface area (Å²) in [7, 11) is 0. The standard InChI is InChI=1S/C8H8N2O2/c1-3-4-9-7(11)8-10-5-6(2)12-8/h1,5H,4H2,2H3,(H,9,11). The molecule has 0 spiro atoms. The first-order valence-corrected chi connectivity index (χ1v) is 3.38. The minimum absolute atomic E-state index is 0.0442. The summed E-state index contributed by atoms with van der Waals surface area (Å²) in [6.07, 6.45) is 6.42. The van der Waals surface area contributed by atoms with Crippen molar-refractivity contribution >= 4 is 5.91 Å². The molecule has 0 aromatic carbocycles. The third-order valence-corrected chi connectivity index (χ3v) is 1.17. The number of carbonyl (C=O) groups is 1. The molecule has 1 aromatic heterocycles. The number of carbonyl (C=O) groups excluding carboxylic acids is 1. The van der Waals surface area contributed by atoms with Gasteiger partial charge in [0.25, 0.3) is 5.89 Å². The fourth-order valence-electron chi connectivity index (χ4n) is 0.667. The van der Waals surface area contributed by atoms with Crippen molar-refractivity contribution in [3.8, 4) is 12.3 Å². The van der Waals surface area contributed by atoms with E-state index in [1.807, 2.05) is 0 Å². The molecule has 4 heteroatoms. The average molecular weight is 164 g/mol. The van der Waals surface area contributed by atoms with Crippen LogP contribution in [-0.2, 0) is 0 Å². The molecule has 0 bridgehead atoms. The molecule has 0 atom stereocenters. The molecule has 0 radical (unpaired) electrons. The SMILES string of the molecule is C#CCNC(=O)c1ncc(C)o1. The third-order valence-electron chi connectivity index (χ3n) is 1.17. The quantitative estimate of drug-likeness (QED) is 0.641. The molecule has 1 amide bonds. The van der Waals surface area contributed by atoms with Gasteiger partial charge in [0.2, 0.25) is 0 Å². The highest BCUT2D eigenvalue weighted by molar-refractivity contribution is 5.89. The lowest BCUT2D eigenvalue weighted by atomic mass is 10.5. The van der Waals surface area contributed by atoms with Crippen LogP contribution in [0.2, 0.25) is 0 Å². The number of oxazole rings is 1. The number of rotatable bonds is 2. The second-order valence-electron chi connectivity index (χ2n) is 2.16. The predicted molar refractivity (Wildman–Crippen MR) is 42.4 cm³/mol. The molecule has 0 aliphatic carbocycles. The smallest absolute Gasteiger partial charge is 0.307 e. The molecular formula is C8H8N2O2. The lowest BCUT2D eigenvalue weighted by molar-refractivity contribution is 0.0923. The molecule has 0 aliphatic heterocycles. The molecule has 1 heterocycles. The van der Waals surface area contributed by atoms with E-state index in [-0.39, 0.29) is 18.3 Å². The summed E-state index contributed by atoms with van der Waals surface area (Å²) >= 11 is 0. The Morgan fingerprint density at radius 1 is 1.92 bits per heavy atom. The Morgan fingerprint density at radius 3 is 3.17 bits per heavy atom. The van der Waals surface area contributed by atoms with E-state index in [0.29, 0.717) is 5.76 Å². The fraction of sp³-hybridized carbons (Fsp3) is 0.250. The van der Waals surface area contributed by atoms with E-state index in [2.05, 4.69) is 16.2 Å². The van der Waals surface area contributed by atoms with Gasteiger partial charge >= 0.3 is 5.91 Å². The number of nitrogens with one attached hydrogen (secondary N) is 1. The van der Waals surface area contributed by atoms with Gasteiger partial charge in [0.1, 0.15) is 5.76 Å². The van der Waals surface area contributed by atoms with Crippen molar-refractivity contribution in [3.63, 3.8) is 0 Å². The van der Waals surface area contributed by atoms with Crippen LogP contribution in [0.5, 0.6) is 0 Å². The summed E-state index contributed by atoms with van der Waals surface area (Å²) < 4.78 is 4.95. The number of hydrogen-bond acceptors (Lipinski definition) is 3. The van der Waals surface area contributed by atoms with Crippen molar-refractivity contribution in [1.82, 2.24) is 10.3 Å². The van der Waals surface area contributed by atoms with E-state index >= 15 is 0 Å². The fourth-order valence-corrected chi connectivity index (χ4v) is 0.667. The average Bonchev–Trinajstić information content (AvgIpc) is 2.47. The molecule has 0 saturated heterocycles. The summed E-state index contributed by atoms with van der Waals surface area (Å²) in [5, 5.41) is 2.43. The maximum atomic E-state index is 11.1. The van der Waals surface area contributed by atoms with Gasteiger partial charge in [0, 0.05) is 0 Å². The zero-order valence-electron chi connectivity index (χ0n) is 6.63. The Morgan fingerprint density at radius 2 is 2.67 bits per heavy atom. The van der Waals surface area contributed by atoms with Gasteiger partial charge in [0.05, 0.1) is 12.7 Å². The number of nitrogens with zero attached hydrogens (tertiary/aromatic N) is 1. The molecule has 62 valence electrons. The molecule has 4 nitrogen and oxygen atoms in total. The van der Waals surface area contributed by atoms with Crippen LogP contribution in [0.1, 0.15) is 16.4 Å². The molecule has 0 unspecified atom stereocenters. The molecule has 12 heavy (non-hydrogen) atoms. The van der Waals surface area contributed by atoms with Crippen LogP contribution in [0.15, 0.2) is 10.6 Å². The summed E-state index contributed by atoms with van der Waals surface area (Å²) in [5.41, 5.74) is 0. The van der Waals surface area contributed by atoms with Crippen molar-refractivity contribution in [2.24, 2.45) is 0 Å². The van der Waals surface area contributed by atoms with E-state index in [1.165, 1.54) is 6.20 Å². The summed E-state index contributed by atoms with van der Waals surface area (Å²) in [6.45, 7) is 1.89. The Bertz CT molecular complexity index is 322. The normalized spacial score (nSPS) is 9.00. The second-order valence-corrected chi connectivity index (χ2v) is 2.16. The Labute approximate surface area is 70.0 Å². The summed E-state index contributed by atoms with van der Waals surface area (Å²) in [6, 6.07) is 0. The first-order chi connectivity index (χ1) is 5.74. The van der Waals surface area contributed by atoms with Crippen molar-refractivity contribution < 1.29 is 9.21 Å². The highest BCUT2D eigenvalue weighted by Gasteiger charge is 2.09. The van der Waals surface area contributed by atoms with Gasteiger partial charge in [-0.1, -0.05) is 5.92 Å². The molecule has 1 aromatic rings. The topological polar surface area (TPSA) is 55.1 Å². The van der Waals surface area contributed by atoms with E-state index < -0.39 is 0 Å². The largest absolute Gasteiger partial charge is 0.438 e. The molecule has 0 aliphatic rings. The second kappa shape index (κ2) is 3.58. The summed E-state index contributed by atoms with van der Waals surface area (Å²) in [5.74, 6) is 2.53. The van der Waals surface area contributed by atoms with Crippen LogP contribution in [0.4, 0.5) is 0 Å². The summed E-state index contributed by atoms with van der Waals surface area (Å²) in [4.78, 5) is 14.8. The van der Waals surface area contributed by atoms with E-state index in [4.69, 9.17) is 10.8 Å². The van der Waals surface area contributed by atoms with Gasteiger partial charge in [-0.2, -0.15) is 0 Å². The first-order valence-electron chi connectivity index (χ1n) is 3.38. The number of terminal acetylenes is 1. The predicted octanol–water partition coefficient (Wildman–Crippen LogP) is 0.346. The monoisotopic (exact) mass is 164 g/mol. The molecule has 0 saturated carbocycles. The van der Waals surface area contributed by atoms with Crippen LogP contribution < -0.4 is 5.32 Å². The van der Waals surface area contributed by atoms with Gasteiger partial charge in [-0.05, 0) is 6.92 Å². The van der Waals surface area contributed by atoms with Crippen molar-refractivity contribution in [3.05, 3.63) is 17.8 Å². The number of aryl methyl sites for hydroxylation is 1. The van der Waals surface area contributed by atoms with Crippen LogP contribution >= 0.6 is 0 Å². The van der Waals surface area contributed by atoms with Crippen LogP contribution in [-0.4, -0.2) is 17.4 Å². The van der Waals surface area contributed by atoms with Crippen LogP contribution in [0.3, 0.4) is 0 Å². The van der Waals surface area contributed by atoms with Crippen molar-refractivity contribution in [2.45, 2.75) is 6.92 Å². The van der Waals surface area contributed by atoms with Crippen LogP contribution in [0, 0.1) is 19.3 Å². The number of amides is 1. The van der Waals surface area contributed by atoms with Gasteiger partial charge in [0.15, 0.2) is 0 Å². The maximum Gasteiger partial charge on any atom is 0.307 e. The minimum atomic E-state index is -0.388. The zero-order chi connectivity index (χ0) is 8.97. The lowest BCUT2D eigenvalue weighted by Crippen LogP contribution is -2.23. The van der Waals surface area contributed by atoms with Gasteiger partial charge in [-0.15, -0.1) is 6.42 Å². The van der Waals surface area contributed by atoms with E-state index in [0.717, 1.165) is 0 Å². The Hall–Kier alpha value is -1.76. The molecule has 1 N–H and O–H groups in total. The third kappa shape index (κ3) is 1.86.